The van der Waals surface area contributed by atoms with Crippen molar-refractivity contribution in [2.75, 3.05) is 11.9 Å². The van der Waals surface area contributed by atoms with Crippen LogP contribution in [0.15, 0.2) is 0 Å². The Morgan fingerprint density at radius 3 is 2.95 bits per heavy atom. The monoisotopic (exact) mass is 283 g/mol. The molecule has 0 fully saturated rings. The van der Waals surface area contributed by atoms with Crippen molar-refractivity contribution < 1.29 is 14.7 Å². The molecular weight excluding hydrogens is 266 g/mol. The molecule has 1 amide bonds. The summed E-state index contributed by atoms with van der Waals surface area (Å²) in [7, 11) is 0. The van der Waals surface area contributed by atoms with Gasteiger partial charge in [-0.25, -0.2) is 4.98 Å². The third-order valence-electron chi connectivity index (χ3n) is 3.10. The van der Waals surface area contributed by atoms with Gasteiger partial charge in [0.15, 0.2) is 5.13 Å². The van der Waals surface area contributed by atoms with Gasteiger partial charge in [-0.1, -0.05) is 0 Å². The fraction of sp³-hybridized carbons (Fsp3) is 0.583. The maximum atomic E-state index is 11.6. The molecule has 104 valence electrons. The quantitative estimate of drug-likeness (QED) is 0.755. The molecule has 0 saturated heterocycles. The van der Waals surface area contributed by atoms with Gasteiger partial charge in [-0.15, -0.1) is 11.3 Å². The van der Waals surface area contributed by atoms with Crippen molar-refractivity contribution >= 4 is 28.3 Å². The van der Waals surface area contributed by atoms with Gasteiger partial charge in [-0.05, 0) is 26.7 Å². The Morgan fingerprint density at radius 2 is 2.32 bits per heavy atom. The van der Waals surface area contributed by atoms with E-state index < -0.39 is 11.9 Å². The van der Waals surface area contributed by atoms with Crippen LogP contribution >= 0.6 is 11.3 Å². The van der Waals surface area contributed by atoms with Gasteiger partial charge in [0, 0.05) is 11.4 Å². The van der Waals surface area contributed by atoms with Crippen molar-refractivity contribution in [3.8, 4) is 0 Å². The number of aryl methyl sites for hydroxylation is 1. The van der Waals surface area contributed by atoms with Gasteiger partial charge in [0.05, 0.1) is 5.69 Å². The Morgan fingerprint density at radius 1 is 1.58 bits per heavy atom. The van der Waals surface area contributed by atoms with Crippen LogP contribution < -0.4 is 10.6 Å². The van der Waals surface area contributed by atoms with Crippen LogP contribution in [0.2, 0.25) is 0 Å². The maximum absolute atomic E-state index is 11.6. The maximum Gasteiger partial charge on any atom is 0.312 e. The van der Waals surface area contributed by atoms with Gasteiger partial charge in [0.2, 0.25) is 5.91 Å². The lowest BCUT2D eigenvalue weighted by Gasteiger charge is -2.12. The number of likely N-dealkylation sites (N-methyl/N-ethyl adjacent to an activating group) is 1. The molecule has 0 bridgehead atoms. The zero-order chi connectivity index (χ0) is 14.0. The fourth-order valence-electron chi connectivity index (χ4n) is 2.11. The molecule has 1 aliphatic carbocycles. The molecule has 0 spiro atoms. The number of anilines is 1. The van der Waals surface area contributed by atoms with Gasteiger partial charge < -0.3 is 15.7 Å². The number of nitrogens with one attached hydrogen (secondary N) is 2. The van der Waals surface area contributed by atoms with E-state index in [4.69, 9.17) is 5.11 Å². The number of carboxylic acid groups (broad SMARTS) is 1. The first-order valence-corrected chi connectivity index (χ1v) is 7.11. The highest BCUT2D eigenvalue weighted by Crippen LogP contribution is 2.38. The third kappa shape index (κ3) is 2.86. The van der Waals surface area contributed by atoms with Crippen molar-refractivity contribution in [2.45, 2.75) is 38.6 Å². The first-order chi connectivity index (χ1) is 9.02. The molecule has 0 radical (unpaired) electrons. The average molecular weight is 283 g/mol. The Kier molecular flexibility index (Phi) is 4.04. The van der Waals surface area contributed by atoms with Crippen molar-refractivity contribution in [1.82, 2.24) is 10.3 Å². The van der Waals surface area contributed by atoms with Crippen LogP contribution in [0.5, 0.6) is 0 Å². The summed E-state index contributed by atoms with van der Waals surface area (Å²) in [5.41, 5.74) is 0.656. The lowest BCUT2D eigenvalue weighted by molar-refractivity contribution is -0.138. The first-order valence-electron chi connectivity index (χ1n) is 6.29. The van der Waals surface area contributed by atoms with Crippen molar-refractivity contribution in [3.63, 3.8) is 0 Å². The number of carbonyl (C=O) groups excluding carboxylic acids is 1. The van der Waals surface area contributed by atoms with E-state index in [2.05, 4.69) is 15.6 Å². The number of hydrogen-bond acceptors (Lipinski definition) is 5. The smallest absolute Gasteiger partial charge is 0.312 e. The number of fused-ring (bicyclic) bond motifs is 1. The van der Waals surface area contributed by atoms with E-state index in [-0.39, 0.29) is 11.9 Å². The number of carbonyl (C=O) groups is 2. The topological polar surface area (TPSA) is 91.3 Å². The molecule has 1 aliphatic rings. The van der Waals surface area contributed by atoms with E-state index in [1.54, 1.807) is 6.92 Å². The summed E-state index contributed by atoms with van der Waals surface area (Å²) in [5.74, 6) is -1.42. The normalized spacial score (nSPS) is 18.7. The molecule has 1 aromatic rings. The van der Waals surface area contributed by atoms with Crippen LogP contribution in [-0.2, 0) is 16.0 Å². The number of nitrogens with zero attached hydrogens (tertiary/aromatic N) is 1. The Bertz CT molecular complexity index is 500. The second-order valence-electron chi connectivity index (χ2n) is 4.52. The number of aliphatic carboxylic acids is 1. The van der Waals surface area contributed by atoms with Crippen molar-refractivity contribution in [2.24, 2.45) is 0 Å². The van der Waals surface area contributed by atoms with E-state index in [0.717, 1.165) is 11.3 Å². The van der Waals surface area contributed by atoms with Gasteiger partial charge >= 0.3 is 5.97 Å². The lowest BCUT2D eigenvalue weighted by Crippen LogP contribution is -2.37. The summed E-state index contributed by atoms with van der Waals surface area (Å²) >= 11 is 1.44. The molecule has 0 saturated carbocycles. The van der Waals surface area contributed by atoms with Crippen LogP contribution in [0.1, 0.15) is 36.8 Å². The highest BCUT2D eigenvalue weighted by molar-refractivity contribution is 7.15. The van der Waals surface area contributed by atoms with E-state index in [9.17, 15) is 9.59 Å². The third-order valence-corrected chi connectivity index (χ3v) is 4.16. The van der Waals surface area contributed by atoms with Crippen LogP contribution in [-0.4, -0.2) is 34.6 Å². The zero-order valence-corrected chi connectivity index (χ0v) is 11.7. The predicted molar refractivity (Wildman–Crippen MR) is 72.6 cm³/mol. The first kappa shape index (κ1) is 13.8. The van der Waals surface area contributed by atoms with Crippen molar-refractivity contribution in [3.05, 3.63) is 10.6 Å². The summed E-state index contributed by atoms with van der Waals surface area (Å²) in [6.07, 6.45) is 1.37. The molecule has 19 heavy (non-hydrogen) atoms. The highest BCUT2D eigenvalue weighted by atomic mass is 32.1. The number of aromatic nitrogens is 1. The van der Waals surface area contributed by atoms with Crippen LogP contribution in [0.3, 0.4) is 0 Å². The molecule has 7 heteroatoms. The molecule has 1 heterocycles. The SMILES string of the molecule is CCNC(=O)C(C)Nc1nc2c(s1)CCC2C(=O)O. The molecule has 6 nitrogen and oxygen atoms in total. The number of rotatable bonds is 5. The molecular formula is C12H17N3O3S. The van der Waals surface area contributed by atoms with Gasteiger partial charge in [-0.3, -0.25) is 9.59 Å². The zero-order valence-electron chi connectivity index (χ0n) is 10.9. The Hall–Kier alpha value is -1.63. The minimum absolute atomic E-state index is 0.0901. The Balaban J connectivity index is 2.06. The summed E-state index contributed by atoms with van der Waals surface area (Å²) in [4.78, 5) is 28.0. The fourth-order valence-corrected chi connectivity index (χ4v) is 3.23. The minimum atomic E-state index is -0.827. The number of hydrogen-bond donors (Lipinski definition) is 3. The predicted octanol–water partition coefficient (Wildman–Crippen LogP) is 1.19. The van der Waals surface area contributed by atoms with E-state index in [1.807, 2.05) is 6.92 Å². The van der Waals surface area contributed by atoms with Gasteiger partial charge in [0.25, 0.3) is 0 Å². The number of amides is 1. The second-order valence-corrected chi connectivity index (χ2v) is 5.60. The average Bonchev–Trinajstić information content (AvgIpc) is 2.87. The Labute approximate surface area is 115 Å². The highest BCUT2D eigenvalue weighted by Gasteiger charge is 2.32. The molecule has 1 aromatic heterocycles. The van der Waals surface area contributed by atoms with Crippen molar-refractivity contribution in [1.29, 1.82) is 0 Å². The summed E-state index contributed by atoms with van der Waals surface area (Å²) in [6, 6.07) is -0.380. The summed E-state index contributed by atoms with van der Waals surface area (Å²) < 4.78 is 0. The van der Waals surface area contributed by atoms with Crippen LogP contribution in [0.4, 0.5) is 5.13 Å². The number of carboxylic acids is 1. The van der Waals surface area contributed by atoms with Gasteiger partial charge in [0.1, 0.15) is 12.0 Å². The molecule has 2 rings (SSSR count). The summed E-state index contributed by atoms with van der Waals surface area (Å²) in [6.45, 7) is 4.20. The molecule has 0 aliphatic heterocycles. The van der Waals surface area contributed by atoms with Gasteiger partial charge in [-0.2, -0.15) is 0 Å². The standard InChI is InChI=1S/C12H17N3O3S/c1-3-13-10(16)6(2)14-12-15-9-7(11(17)18)4-5-8(9)19-12/h6-7H,3-5H2,1-2H3,(H,13,16)(H,14,15)(H,17,18). The van der Waals surface area contributed by atoms with E-state index >= 15 is 0 Å². The summed E-state index contributed by atoms with van der Waals surface area (Å²) in [5, 5.41) is 15.5. The number of thiazole rings is 1. The van der Waals surface area contributed by atoms with E-state index in [0.29, 0.717) is 23.8 Å². The second kappa shape index (κ2) is 5.56. The lowest BCUT2D eigenvalue weighted by atomic mass is 10.1. The van der Waals surface area contributed by atoms with E-state index in [1.165, 1.54) is 11.3 Å². The molecule has 3 N–H and O–H groups in total. The largest absolute Gasteiger partial charge is 0.481 e. The van der Waals surface area contributed by atoms with Crippen LogP contribution in [0, 0.1) is 0 Å². The van der Waals surface area contributed by atoms with Crippen LogP contribution in [0.25, 0.3) is 0 Å². The molecule has 2 atom stereocenters. The minimum Gasteiger partial charge on any atom is -0.481 e. The molecule has 0 aromatic carbocycles. The molecule has 2 unspecified atom stereocenters.